The first kappa shape index (κ1) is 14.4. The Morgan fingerprint density at radius 1 is 1.44 bits per heavy atom. The molecule has 0 saturated carbocycles. The highest BCUT2D eigenvalue weighted by atomic mass is 16.6. The number of nitrogens with one attached hydrogen (secondary N) is 1. The average molecular weight is 252 g/mol. The molecule has 0 aliphatic carbocycles. The van der Waals surface area contributed by atoms with E-state index in [0.717, 1.165) is 12.0 Å². The molecule has 0 bridgehead atoms. The molecule has 1 N–H and O–H groups in total. The normalized spacial score (nSPS) is 10.7. The number of ether oxygens (including phenoxy) is 1. The van der Waals surface area contributed by atoms with Crippen molar-refractivity contribution in [3.8, 4) is 0 Å². The third kappa shape index (κ3) is 4.33. The van der Waals surface area contributed by atoms with Crippen molar-refractivity contribution in [2.24, 2.45) is 5.92 Å². The first-order valence-electron chi connectivity index (χ1n) is 6.07. The molecule has 18 heavy (non-hydrogen) atoms. The largest absolute Gasteiger partial charge is 0.383 e. The number of rotatable bonds is 7. The van der Waals surface area contributed by atoms with Gasteiger partial charge in [0, 0.05) is 19.7 Å². The van der Waals surface area contributed by atoms with Gasteiger partial charge in [-0.15, -0.1) is 0 Å². The summed E-state index contributed by atoms with van der Waals surface area (Å²) in [5, 5.41) is 13.6. The zero-order valence-electron chi connectivity index (χ0n) is 11.1. The molecule has 1 aromatic rings. The fourth-order valence-electron chi connectivity index (χ4n) is 1.54. The highest BCUT2D eigenvalue weighted by Crippen LogP contribution is 2.25. The van der Waals surface area contributed by atoms with Gasteiger partial charge in [0.25, 0.3) is 5.69 Å². The van der Waals surface area contributed by atoms with Crippen LogP contribution in [-0.2, 0) is 11.3 Å². The molecule has 0 amide bonds. The average Bonchev–Trinajstić information content (AvgIpc) is 2.33. The summed E-state index contributed by atoms with van der Waals surface area (Å²) in [6.45, 7) is 5.49. The Morgan fingerprint density at radius 2 is 2.17 bits per heavy atom. The Labute approximate surface area is 107 Å². The zero-order valence-corrected chi connectivity index (χ0v) is 11.1. The van der Waals surface area contributed by atoms with Crippen LogP contribution in [0.15, 0.2) is 18.2 Å². The van der Waals surface area contributed by atoms with Gasteiger partial charge in [0.15, 0.2) is 0 Å². The van der Waals surface area contributed by atoms with E-state index in [1.54, 1.807) is 19.2 Å². The van der Waals surface area contributed by atoms with Gasteiger partial charge in [-0.1, -0.05) is 13.8 Å². The van der Waals surface area contributed by atoms with Crippen molar-refractivity contribution in [1.82, 2.24) is 0 Å². The number of nitrogens with zero attached hydrogens (tertiary/aromatic N) is 1. The first-order valence-corrected chi connectivity index (χ1v) is 6.07. The van der Waals surface area contributed by atoms with E-state index in [9.17, 15) is 10.1 Å². The summed E-state index contributed by atoms with van der Waals surface area (Å²) in [4.78, 5) is 10.4. The molecule has 0 saturated heterocycles. The topological polar surface area (TPSA) is 64.4 Å². The van der Waals surface area contributed by atoms with E-state index in [0.29, 0.717) is 24.8 Å². The summed E-state index contributed by atoms with van der Waals surface area (Å²) in [7, 11) is 1.67. The first-order chi connectivity index (χ1) is 8.54. The van der Waals surface area contributed by atoms with Crippen molar-refractivity contribution in [1.29, 1.82) is 0 Å². The van der Waals surface area contributed by atoms with Gasteiger partial charge in [-0.3, -0.25) is 10.1 Å². The highest BCUT2D eigenvalue weighted by molar-refractivity contribution is 5.62. The molecule has 0 unspecified atom stereocenters. The van der Waals surface area contributed by atoms with E-state index in [-0.39, 0.29) is 5.69 Å². The molecule has 0 aromatic heterocycles. The zero-order chi connectivity index (χ0) is 13.5. The van der Waals surface area contributed by atoms with E-state index in [1.165, 1.54) is 6.07 Å². The minimum atomic E-state index is -0.394. The summed E-state index contributed by atoms with van der Waals surface area (Å²) >= 11 is 0. The number of benzene rings is 1. The maximum absolute atomic E-state index is 10.8. The van der Waals surface area contributed by atoms with Crippen LogP contribution < -0.4 is 5.32 Å². The Morgan fingerprint density at radius 3 is 2.72 bits per heavy atom. The summed E-state index contributed by atoms with van der Waals surface area (Å²) in [5.41, 5.74) is 1.54. The predicted molar refractivity (Wildman–Crippen MR) is 71.8 cm³/mol. The Kier molecular flexibility index (Phi) is 5.58. The van der Waals surface area contributed by atoms with E-state index < -0.39 is 4.92 Å². The summed E-state index contributed by atoms with van der Waals surface area (Å²) in [5.74, 6) is 0.620. The minimum absolute atomic E-state index is 0.0865. The molecule has 0 fully saturated rings. The number of hydrogen-bond donors (Lipinski definition) is 1. The van der Waals surface area contributed by atoms with Crippen molar-refractivity contribution in [3.63, 3.8) is 0 Å². The molecule has 1 rings (SSSR count). The minimum Gasteiger partial charge on any atom is -0.383 e. The van der Waals surface area contributed by atoms with Crippen LogP contribution in [0.2, 0.25) is 0 Å². The second-order valence-electron chi connectivity index (χ2n) is 4.59. The summed E-state index contributed by atoms with van der Waals surface area (Å²) in [6.07, 6.45) is 1.02. The van der Waals surface area contributed by atoms with Crippen molar-refractivity contribution in [2.75, 3.05) is 19.0 Å². The lowest BCUT2D eigenvalue weighted by Crippen LogP contribution is -2.01. The molecule has 5 heteroatoms. The Hall–Kier alpha value is -1.62. The van der Waals surface area contributed by atoms with E-state index in [2.05, 4.69) is 19.2 Å². The van der Waals surface area contributed by atoms with Gasteiger partial charge < -0.3 is 10.1 Å². The molecule has 0 atom stereocenters. The fourth-order valence-corrected chi connectivity index (χ4v) is 1.54. The van der Waals surface area contributed by atoms with Gasteiger partial charge in [0.2, 0.25) is 0 Å². The lowest BCUT2D eigenvalue weighted by Gasteiger charge is -2.08. The van der Waals surface area contributed by atoms with Gasteiger partial charge in [0.05, 0.1) is 11.5 Å². The van der Waals surface area contributed by atoms with Crippen LogP contribution in [0.4, 0.5) is 11.4 Å². The van der Waals surface area contributed by atoms with Gasteiger partial charge >= 0.3 is 0 Å². The van der Waals surface area contributed by atoms with Crippen LogP contribution >= 0.6 is 0 Å². The molecule has 1 aromatic carbocycles. The van der Waals surface area contributed by atoms with Crippen LogP contribution in [-0.4, -0.2) is 18.6 Å². The molecular weight excluding hydrogens is 232 g/mol. The lowest BCUT2D eigenvalue weighted by molar-refractivity contribution is -0.384. The van der Waals surface area contributed by atoms with Gasteiger partial charge in [0.1, 0.15) is 5.69 Å². The number of hydrogen-bond acceptors (Lipinski definition) is 4. The van der Waals surface area contributed by atoms with E-state index in [1.807, 2.05) is 0 Å². The summed E-state index contributed by atoms with van der Waals surface area (Å²) in [6, 6.07) is 4.99. The SMILES string of the molecule is CNc1cc(COCCC(C)C)ccc1[N+](=O)[O-]. The van der Waals surface area contributed by atoms with Crippen molar-refractivity contribution >= 4 is 11.4 Å². The van der Waals surface area contributed by atoms with E-state index in [4.69, 9.17) is 4.74 Å². The van der Waals surface area contributed by atoms with Crippen molar-refractivity contribution in [3.05, 3.63) is 33.9 Å². The van der Waals surface area contributed by atoms with Gasteiger partial charge in [-0.2, -0.15) is 0 Å². The highest BCUT2D eigenvalue weighted by Gasteiger charge is 2.12. The Bertz CT molecular complexity index is 405. The monoisotopic (exact) mass is 252 g/mol. The predicted octanol–water partition coefficient (Wildman–Crippen LogP) is 3.20. The van der Waals surface area contributed by atoms with Crippen molar-refractivity contribution in [2.45, 2.75) is 26.9 Å². The van der Waals surface area contributed by atoms with Gasteiger partial charge in [-0.25, -0.2) is 0 Å². The lowest BCUT2D eigenvalue weighted by atomic mass is 10.1. The molecule has 0 spiro atoms. The third-order valence-corrected chi connectivity index (χ3v) is 2.64. The van der Waals surface area contributed by atoms with E-state index >= 15 is 0 Å². The molecule has 0 aliphatic rings. The standard InChI is InChI=1S/C13H20N2O3/c1-10(2)6-7-18-9-11-4-5-13(15(16)17)12(8-11)14-3/h4-5,8,10,14H,6-7,9H2,1-3H3. The molecule has 0 radical (unpaired) electrons. The van der Waals surface area contributed by atoms with Crippen molar-refractivity contribution < 1.29 is 9.66 Å². The quantitative estimate of drug-likeness (QED) is 0.460. The van der Waals surface area contributed by atoms with Crippen LogP contribution in [0.25, 0.3) is 0 Å². The second kappa shape index (κ2) is 6.96. The molecule has 0 heterocycles. The number of nitro benzene ring substituents is 1. The van der Waals surface area contributed by atoms with Crippen LogP contribution in [0.1, 0.15) is 25.8 Å². The van der Waals surface area contributed by atoms with Gasteiger partial charge in [-0.05, 0) is 30.0 Å². The smallest absolute Gasteiger partial charge is 0.292 e. The maximum Gasteiger partial charge on any atom is 0.292 e. The molecular formula is C13H20N2O3. The summed E-state index contributed by atoms with van der Waals surface area (Å²) < 4.78 is 5.53. The molecule has 0 aliphatic heterocycles. The maximum atomic E-state index is 10.8. The van der Waals surface area contributed by atoms with Crippen LogP contribution in [0.3, 0.4) is 0 Å². The number of anilines is 1. The fraction of sp³-hybridized carbons (Fsp3) is 0.538. The molecule has 5 nitrogen and oxygen atoms in total. The van der Waals surface area contributed by atoms with Crippen LogP contribution in [0.5, 0.6) is 0 Å². The Balaban J connectivity index is 2.60. The third-order valence-electron chi connectivity index (χ3n) is 2.64. The second-order valence-corrected chi connectivity index (χ2v) is 4.59. The van der Waals surface area contributed by atoms with Crippen LogP contribution in [0, 0.1) is 16.0 Å². The number of nitro groups is 1. The molecule has 100 valence electrons.